The van der Waals surface area contributed by atoms with E-state index in [1.54, 1.807) is 0 Å². The highest BCUT2D eigenvalue weighted by Gasteiger charge is 2.21. The van der Waals surface area contributed by atoms with Crippen LogP contribution in [0.3, 0.4) is 0 Å². The number of hydrogen-bond acceptors (Lipinski definition) is 5. The van der Waals surface area contributed by atoms with Crippen molar-refractivity contribution in [1.82, 2.24) is 9.80 Å². The number of nitrogens with zero attached hydrogens (tertiary/aromatic N) is 3. The lowest BCUT2D eigenvalue weighted by Crippen LogP contribution is -2.50. The van der Waals surface area contributed by atoms with Crippen LogP contribution < -0.4 is 10.0 Å². The van der Waals surface area contributed by atoms with Crippen LogP contribution >= 0.6 is 0 Å². The van der Waals surface area contributed by atoms with Crippen molar-refractivity contribution in [3.63, 3.8) is 0 Å². The summed E-state index contributed by atoms with van der Waals surface area (Å²) >= 11 is 0. The van der Waals surface area contributed by atoms with E-state index < -0.39 is 5.97 Å². The molecule has 0 aliphatic carbocycles. The quantitative estimate of drug-likeness (QED) is 0.766. The third kappa shape index (κ3) is 4.37. The van der Waals surface area contributed by atoms with Gasteiger partial charge >= 0.3 is 0 Å². The van der Waals surface area contributed by atoms with Crippen molar-refractivity contribution in [2.45, 2.75) is 19.3 Å². The van der Waals surface area contributed by atoms with Gasteiger partial charge in [0.2, 0.25) is 0 Å². The summed E-state index contributed by atoms with van der Waals surface area (Å²) in [6.45, 7) is 5.57. The second-order valence-corrected chi connectivity index (χ2v) is 7.75. The van der Waals surface area contributed by atoms with E-state index in [9.17, 15) is 9.90 Å². The average Bonchev–Trinajstić information content (AvgIpc) is 2.86. The van der Waals surface area contributed by atoms with Crippen LogP contribution in [0.5, 0.6) is 0 Å². The summed E-state index contributed by atoms with van der Waals surface area (Å²) in [4.78, 5) is 17.7. The maximum absolute atomic E-state index is 10.8. The summed E-state index contributed by atoms with van der Waals surface area (Å²) < 4.78 is 0. The smallest absolute Gasteiger partial charge is 0.0555 e. The number of para-hydroxylation sites is 2. The summed E-state index contributed by atoms with van der Waals surface area (Å²) in [5.74, 6) is -0.980. The molecular formula is C23H28N3O2-. The first-order valence-electron chi connectivity index (χ1n) is 10.3. The molecule has 0 atom stereocenters. The molecule has 2 aromatic carbocycles. The SMILES string of the molecule is O=C([O-])CN1CCN(CCCN2c3ccccc3CCc3ccccc32)CC1. The first-order valence-corrected chi connectivity index (χ1v) is 10.3. The minimum atomic E-state index is -0.980. The number of fused-ring (bicyclic) bond motifs is 2. The number of carboxylic acid groups (broad SMARTS) is 1. The topological polar surface area (TPSA) is 49.9 Å². The van der Waals surface area contributed by atoms with Crippen LogP contribution in [0.2, 0.25) is 0 Å². The van der Waals surface area contributed by atoms with E-state index in [1.165, 1.54) is 22.5 Å². The molecule has 5 heteroatoms. The van der Waals surface area contributed by atoms with Crippen LogP contribution in [0.1, 0.15) is 17.5 Å². The number of aliphatic carboxylic acids is 1. The molecule has 5 nitrogen and oxygen atoms in total. The molecular weight excluding hydrogens is 350 g/mol. The Kier molecular flexibility index (Phi) is 5.93. The summed E-state index contributed by atoms with van der Waals surface area (Å²) in [5.41, 5.74) is 5.53. The van der Waals surface area contributed by atoms with Crippen LogP contribution in [0, 0.1) is 0 Å². The Bertz CT molecular complexity index is 767. The second-order valence-electron chi connectivity index (χ2n) is 7.75. The summed E-state index contributed by atoms with van der Waals surface area (Å²) in [6, 6.07) is 17.5. The average molecular weight is 378 g/mol. The molecule has 0 unspecified atom stereocenters. The molecule has 0 radical (unpaired) electrons. The fourth-order valence-corrected chi connectivity index (χ4v) is 4.42. The standard InChI is InChI=1S/C23H29N3O2/c27-23(28)18-25-16-14-24(15-17-25)12-5-13-26-21-8-3-1-6-19(21)10-11-20-7-2-4-9-22(20)26/h1-4,6-9H,5,10-18H2,(H,27,28)/p-1. The molecule has 0 saturated carbocycles. The van der Waals surface area contributed by atoms with Crippen LogP contribution in [-0.4, -0.2) is 61.6 Å². The van der Waals surface area contributed by atoms with E-state index in [-0.39, 0.29) is 6.54 Å². The predicted octanol–water partition coefficient (Wildman–Crippen LogP) is 1.68. The maximum atomic E-state index is 10.8. The Morgan fingerprint density at radius 3 is 1.89 bits per heavy atom. The highest BCUT2D eigenvalue weighted by atomic mass is 16.4. The highest BCUT2D eigenvalue weighted by Crippen LogP contribution is 2.35. The van der Waals surface area contributed by atoms with Gasteiger partial charge in [0.05, 0.1) is 5.97 Å². The lowest BCUT2D eigenvalue weighted by Gasteiger charge is -2.35. The Balaban J connectivity index is 1.39. The molecule has 2 heterocycles. The van der Waals surface area contributed by atoms with Crippen LogP contribution in [0.25, 0.3) is 0 Å². The minimum Gasteiger partial charge on any atom is -0.549 e. The molecule has 4 rings (SSSR count). The van der Waals surface area contributed by atoms with E-state index in [4.69, 9.17) is 0 Å². The third-order valence-corrected chi connectivity index (χ3v) is 5.90. The van der Waals surface area contributed by atoms with Gasteiger partial charge in [-0.1, -0.05) is 36.4 Å². The number of carbonyl (C=O) groups excluding carboxylic acids is 1. The van der Waals surface area contributed by atoms with Crippen LogP contribution in [0.15, 0.2) is 48.5 Å². The number of benzene rings is 2. The number of rotatable bonds is 6. The lowest BCUT2D eigenvalue weighted by atomic mass is 10.0. The van der Waals surface area contributed by atoms with Gasteiger partial charge in [-0.25, -0.2) is 0 Å². The Hall–Kier alpha value is -2.37. The normalized spacial score (nSPS) is 17.6. The van der Waals surface area contributed by atoms with Gasteiger partial charge in [-0.2, -0.15) is 0 Å². The van der Waals surface area contributed by atoms with Crippen molar-refractivity contribution in [2.75, 3.05) is 50.7 Å². The Morgan fingerprint density at radius 2 is 1.32 bits per heavy atom. The van der Waals surface area contributed by atoms with Crippen molar-refractivity contribution in [1.29, 1.82) is 0 Å². The molecule has 2 aliphatic heterocycles. The zero-order valence-electron chi connectivity index (χ0n) is 16.3. The number of piperazine rings is 1. The molecule has 2 aliphatic rings. The zero-order valence-corrected chi connectivity index (χ0v) is 16.3. The van der Waals surface area contributed by atoms with E-state index in [0.29, 0.717) is 0 Å². The first kappa shape index (κ1) is 19.0. The van der Waals surface area contributed by atoms with Gasteiger partial charge in [-0.15, -0.1) is 0 Å². The molecule has 0 aromatic heterocycles. The summed E-state index contributed by atoms with van der Waals surface area (Å²) in [5, 5.41) is 10.8. The molecule has 0 spiro atoms. The van der Waals surface area contributed by atoms with E-state index in [2.05, 4.69) is 58.3 Å². The Labute approximate surface area is 167 Å². The van der Waals surface area contributed by atoms with Gasteiger partial charge in [-0.3, -0.25) is 4.90 Å². The zero-order chi connectivity index (χ0) is 19.3. The number of aryl methyl sites for hydroxylation is 2. The first-order chi connectivity index (χ1) is 13.7. The van der Waals surface area contributed by atoms with Gasteiger partial charge < -0.3 is 19.7 Å². The largest absolute Gasteiger partial charge is 0.549 e. The molecule has 2 aromatic rings. The van der Waals surface area contributed by atoms with Gasteiger partial charge in [-0.05, 0) is 49.1 Å². The number of carbonyl (C=O) groups is 1. The van der Waals surface area contributed by atoms with Crippen molar-refractivity contribution < 1.29 is 9.90 Å². The third-order valence-electron chi connectivity index (χ3n) is 5.90. The van der Waals surface area contributed by atoms with Gasteiger partial charge in [0, 0.05) is 50.6 Å². The van der Waals surface area contributed by atoms with Crippen LogP contribution in [0.4, 0.5) is 11.4 Å². The maximum Gasteiger partial charge on any atom is 0.0555 e. The van der Waals surface area contributed by atoms with Crippen LogP contribution in [-0.2, 0) is 17.6 Å². The van der Waals surface area contributed by atoms with Crippen molar-refractivity contribution >= 4 is 17.3 Å². The van der Waals surface area contributed by atoms with Gasteiger partial charge in [0.25, 0.3) is 0 Å². The summed E-state index contributed by atoms with van der Waals surface area (Å²) in [6.07, 6.45) is 3.26. The van der Waals surface area contributed by atoms with Crippen molar-refractivity contribution in [3.8, 4) is 0 Å². The fourth-order valence-electron chi connectivity index (χ4n) is 4.42. The minimum absolute atomic E-state index is 0.0508. The molecule has 1 saturated heterocycles. The fraction of sp³-hybridized carbons (Fsp3) is 0.435. The van der Waals surface area contributed by atoms with Gasteiger partial charge in [0.1, 0.15) is 0 Å². The van der Waals surface area contributed by atoms with Crippen molar-refractivity contribution in [3.05, 3.63) is 59.7 Å². The molecule has 0 N–H and O–H groups in total. The molecule has 0 amide bonds. The van der Waals surface area contributed by atoms with Crippen molar-refractivity contribution in [2.24, 2.45) is 0 Å². The highest BCUT2D eigenvalue weighted by molar-refractivity contribution is 5.71. The number of hydrogen-bond donors (Lipinski definition) is 0. The lowest BCUT2D eigenvalue weighted by molar-refractivity contribution is -0.306. The van der Waals surface area contributed by atoms with E-state index in [1.807, 2.05) is 4.90 Å². The Morgan fingerprint density at radius 1 is 0.786 bits per heavy atom. The van der Waals surface area contributed by atoms with E-state index >= 15 is 0 Å². The number of anilines is 2. The summed E-state index contributed by atoms with van der Waals surface area (Å²) in [7, 11) is 0. The molecule has 148 valence electrons. The second kappa shape index (κ2) is 8.76. The molecule has 0 bridgehead atoms. The molecule has 1 fully saturated rings. The van der Waals surface area contributed by atoms with Gasteiger partial charge in [0.15, 0.2) is 0 Å². The molecule has 28 heavy (non-hydrogen) atoms. The predicted molar refractivity (Wildman–Crippen MR) is 110 cm³/mol. The number of carboxylic acids is 1. The monoisotopic (exact) mass is 378 g/mol. The van der Waals surface area contributed by atoms with E-state index in [0.717, 1.165) is 58.5 Å².